The molecule has 14 heavy (non-hydrogen) atoms. The van der Waals surface area contributed by atoms with Gasteiger partial charge in [0.1, 0.15) is 6.61 Å². The van der Waals surface area contributed by atoms with Crippen molar-refractivity contribution in [2.45, 2.75) is 25.9 Å². The second-order valence-electron chi connectivity index (χ2n) is 2.74. The lowest BCUT2D eigenvalue weighted by molar-refractivity contribution is -0.199. The molecule has 0 atom stereocenters. The van der Waals surface area contributed by atoms with E-state index in [1.165, 1.54) is 0 Å². The van der Waals surface area contributed by atoms with Crippen molar-refractivity contribution in [1.29, 1.82) is 0 Å². The number of unbranched alkanes of at least 4 members (excludes halogenated alkanes) is 1. The van der Waals surface area contributed by atoms with Crippen molar-refractivity contribution < 1.29 is 22.7 Å². The van der Waals surface area contributed by atoms with Crippen LogP contribution in [0.25, 0.3) is 0 Å². The SMILES string of the molecule is CCCCNCCOC(=O)C(F)(F)F. The minimum atomic E-state index is -4.89. The van der Waals surface area contributed by atoms with Crippen molar-refractivity contribution in [2.24, 2.45) is 0 Å². The van der Waals surface area contributed by atoms with Crippen LogP contribution in [0, 0.1) is 0 Å². The Morgan fingerprint density at radius 2 is 2.00 bits per heavy atom. The zero-order valence-corrected chi connectivity index (χ0v) is 7.99. The van der Waals surface area contributed by atoms with Crippen LogP contribution in [0.4, 0.5) is 13.2 Å². The van der Waals surface area contributed by atoms with Crippen LogP contribution in [0.2, 0.25) is 0 Å². The Balaban J connectivity index is 3.33. The highest BCUT2D eigenvalue weighted by atomic mass is 19.4. The molecule has 1 N–H and O–H groups in total. The van der Waals surface area contributed by atoms with Gasteiger partial charge in [-0.15, -0.1) is 0 Å². The summed E-state index contributed by atoms with van der Waals surface area (Å²) in [7, 11) is 0. The third kappa shape index (κ3) is 6.71. The first-order valence-electron chi connectivity index (χ1n) is 4.43. The number of esters is 1. The summed E-state index contributed by atoms with van der Waals surface area (Å²) in [5.41, 5.74) is 0. The summed E-state index contributed by atoms with van der Waals surface area (Å²) >= 11 is 0. The minimum absolute atomic E-state index is 0.248. The van der Waals surface area contributed by atoms with Crippen LogP contribution in [-0.2, 0) is 9.53 Å². The summed E-state index contributed by atoms with van der Waals surface area (Å²) in [4.78, 5) is 10.2. The molecule has 0 aliphatic carbocycles. The van der Waals surface area contributed by atoms with Gasteiger partial charge in [-0.2, -0.15) is 13.2 Å². The number of ether oxygens (including phenoxy) is 1. The van der Waals surface area contributed by atoms with E-state index in [0.29, 0.717) is 0 Å². The fourth-order valence-electron chi connectivity index (χ4n) is 0.725. The lowest BCUT2D eigenvalue weighted by Crippen LogP contribution is -2.29. The Morgan fingerprint density at radius 1 is 1.36 bits per heavy atom. The molecule has 0 bridgehead atoms. The molecule has 0 rings (SSSR count). The maximum atomic E-state index is 11.6. The molecule has 0 fully saturated rings. The van der Waals surface area contributed by atoms with E-state index in [-0.39, 0.29) is 13.2 Å². The van der Waals surface area contributed by atoms with Gasteiger partial charge in [-0.05, 0) is 13.0 Å². The summed E-state index contributed by atoms with van der Waals surface area (Å²) in [5, 5.41) is 2.85. The van der Waals surface area contributed by atoms with E-state index in [9.17, 15) is 18.0 Å². The van der Waals surface area contributed by atoms with Crippen molar-refractivity contribution in [2.75, 3.05) is 19.7 Å². The van der Waals surface area contributed by atoms with Crippen LogP contribution in [-0.4, -0.2) is 31.8 Å². The summed E-state index contributed by atoms with van der Waals surface area (Å²) in [6.07, 6.45) is -2.92. The monoisotopic (exact) mass is 213 g/mol. The Kier molecular flexibility index (Phi) is 6.27. The molecule has 6 heteroatoms. The van der Waals surface area contributed by atoms with Gasteiger partial charge in [0.15, 0.2) is 0 Å². The van der Waals surface area contributed by atoms with Gasteiger partial charge in [0, 0.05) is 6.54 Å². The summed E-state index contributed by atoms with van der Waals surface area (Å²) in [5.74, 6) is -2.13. The van der Waals surface area contributed by atoms with Gasteiger partial charge in [-0.3, -0.25) is 0 Å². The van der Waals surface area contributed by atoms with Crippen molar-refractivity contribution in [3.63, 3.8) is 0 Å². The molecule has 0 saturated carbocycles. The number of hydrogen-bond donors (Lipinski definition) is 1. The maximum absolute atomic E-state index is 11.6. The first kappa shape index (κ1) is 13.2. The molecule has 0 saturated heterocycles. The largest absolute Gasteiger partial charge is 0.490 e. The molecule has 0 aromatic heterocycles. The third-order valence-corrected chi connectivity index (χ3v) is 1.45. The number of hydrogen-bond acceptors (Lipinski definition) is 3. The number of carbonyl (C=O) groups excluding carboxylic acids is 1. The van der Waals surface area contributed by atoms with Crippen LogP contribution in [0.5, 0.6) is 0 Å². The fraction of sp³-hybridized carbons (Fsp3) is 0.875. The van der Waals surface area contributed by atoms with Crippen LogP contribution in [0.3, 0.4) is 0 Å². The predicted octanol–water partition coefficient (Wildman–Crippen LogP) is 1.48. The molecule has 84 valence electrons. The van der Waals surface area contributed by atoms with Gasteiger partial charge in [0.05, 0.1) is 0 Å². The Morgan fingerprint density at radius 3 is 2.50 bits per heavy atom. The quantitative estimate of drug-likeness (QED) is 0.536. The van der Waals surface area contributed by atoms with Gasteiger partial charge in [-0.25, -0.2) is 4.79 Å². The van der Waals surface area contributed by atoms with Gasteiger partial charge in [0.2, 0.25) is 0 Å². The molecular weight excluding hydrogens is 199 g/mol. The Bertz CT molecular complexity index is 170. The molecule has 0 aliphatic heterocycles. The standard InChI is InChI=1S/C8H14F3NO2/c1-2-3-4-12-5-6-14-7(13)8(9,10)11/h12H,2-6H2,1H3. The molecule has 0 aromatic carbocycles. The third-order valence-electron chi connectivity index (χ3n) is 1.45. The first-order valence-corrected chi connectivity index (χ1v) is 4.43. The molecule has 0 amide bonds. The van der Waals surface area contributed by atoms with Gasteiger partial charge in [-0.1, -0.05) is 13.3 Å². The number of halogens is 3. The topological polar surface area (TPSA) is 38.3 Å². The van der Waals surface area contributed by atoms with Crippen LogP contribution >= 0.6 is 0 Å². The molecule has 0 spiro atoms. The second-order valence-corrected chi connectivity index (χ2v) is 2.74. The van der Waals surface area contributed by atoms with Gasteiger partial charge < -0.3 is 10.1 Å². The predicted molar refractivity (Wildman–Crippen MR) is 44.8 cm³/mol. The van der Waals surface area contributed by atoms with Crippen molar-refractivity contribution in [1.82, 2.24) is 5.32 Å². The molecule has 0 aliphatic rings. The Hall–Kier alpha value is -0.780. The zero-order chi connectivity index (χ0) is 11.0. The van der Waals surface area contributed by atoms with E-state index >= 15 is 0 Å². The highest BCUT2D eigenvalue weighted by Gasteiger charge is 2.40. The lowest BCUT2D eigenvalue weighted by Gasteiger charge is -2.07. The van der Waals surface area contributed by atoms with Gasteiger partial charge >= 0.3 is 12.1 Å². The zero-order valence-electron chi connectivity index (χ0n) is 7.99. The number of alkyl halides is 3. The maximum Gasteiger partial charge on any atom is 0.490 e. The van der Waals surface area contributed by atoms with Crippen LogP contribution in [0.1, 0.15) is 19.8 Å². The van der Waals surface area contributed by atoms with E-state index in [2.05, 4.69) is 10.1 Å². The first-order chi connectivity index (χ1) is 6.48. The van der Waals surface area contributed by atoms with E-state index in [0.717, 1.165) is 19.4 Å². The highest BCUT2D eigenvalue weighted by Crippen LogP contribution is 2.15. The molecule has 0 heterocycles. The number of carbonyl (C=O) groups is 1. The van der Waals surface area contributed by atoms with Crippen molar-refractivity contribution in [3.05, 3.63) is 0 Å². The lowest BCUT2D eigenvalue weighted by atomic mass is 10.3. The molecule has 0 radical (unpaired) electrons. The summed E-state index contributed by atoms with van der Waals surface area (Å²) in [6.45, 7) is 2.73. The second kappa shape index (κ2) is 6.64. The van der Waals surface area contributed by atoms with Gasteiger partial charge in [0.25, 0.3) is 0 Å². The number of rotatable bonds is 6. The molecule has 0 aromatic rings. The molecule has 0 unspecified atom stereocenters. The van der Waals surface area contributed by atoms with Crippen LogP contribution in [0.15, 0.2) is 0 Å². The normalized spacial score (nSPS) is 11.4. The highest BCUT2D eigenvalue weighted by molar-refractivity contribution is 5.75. The summed E-state index contributed by atoms with van der Waals surface area (Å²) < 4.78 is 38.7. The average molecular weight is 213 g/mol. The van der Waals surface area contributed by atoms with E-state index in [4.69, 9.17) is 0 Å². The van der Waals surface area contributed by atoms with Crippen LogP contribution < -0.4 is 5.32 Å². The Labute approximate surface area is 80.6 Å². The molecule has 3 nitrogen and oxygen atoms in total. The average Bonchev–Trinajstić information content (AvgIpc) is 2.09. The fourth-order valence-corrected chi connectivity index (χ4v) is 0.725. The smallest absolute Gasteiger partial charge is 0.458 e. The van der Waals surface area contributed by atoms with E-state index in [1.54, 1.807) is 0 Å². The van der Waals surface area contributed by atoms with E-state index < -0.39 is 12.1 Å². The van der Waals surface area contributed by atoms with Crippen molar-refractivity contribution in [3.8, 4) is 0 Å². The van der Waals surface area contributed by atoms with E-state index in [1.807, 2.05) is 6.92 Å². The number of nitrogens with one attached hydrogen (secondary N) is 1. The minimum Gasteiger partial charge on any atom is -0.458 e. The van der Waals surface area contributed by atoms with Crippen molar-refractivity contribution >= 4 is 5.97 Å². The summed E-state index contributed by atoms with van der Waals surface area (Å²) in [6, 6.07) is 0. The molecular formula is C8H14F3NO2.